The summed E-state index contributed by atoms with van der Waals surface area (Å²) in [4.78, 5) is 14.8. The fourth-order valence-corrected chi connectivity index (χ4v) is 4.01. The van der Waals surface area contributed by atoms with E-state index in [1.165, 1.54) is 0 Å². The highest BCUT2D eigenvalue weighted by molar-refractivity contribution is 5.77. The van der Waals surface area contributed by atoms with E-state index in [9.17, 15) is 4.79 Å². The first-order chi connectivity index (χ1) is 15.3. The van der Waals surface area contributed by atoms with Crippen LogP contribution in [0.3, 0.4) is 0 Å². The molecule has 1 fully saturated rings. The van der Waals surface area contributed by atoms with E-state index in [1.807, 2.05) is 59.5 Å². The number of hydrogen-bond donors (Lipinski definition) is 0. The smallest absolute Gasteiger partial charge is 0.223 e. The van der Waals surface area contributed by atoms with Crippen LogP contribution in [0.5, 0.6) is 0 Å². The van der Waals surface area contributed by atoms with E-state index < -0.39 is 0 Å². The molecule has 0 N–H and O–H groups in total. The Morgan fingerprint density at radius 1 is 0.742 bits per heavy atom. The average molecular weight is 416 g/mol. The molecule has 160 valence electrons. The predicted octanol–water partition coefficient (Wildman–Crippen LogP) is 4.98. The number of nitrogens with zero attached hydrogens (tertiary/aromatic N) is 1. The fourth-order valence-electron chi connectivity index (χ4n) is 4.01. The lowest BCUT2D eigenvalue weighted by molar-refractivity contribution is -0.151. The third kappa shape index (κ3) is 6.03. The topological polar surface area (TPSA) is 38.8 Å². The number of amides is 1. The molecule has 4 heteroatoms. The molecule has 1 saturated heterocycles. The molecular weight excluding hydrogens is 386 g/mol. The van der Waals surface area contributed by atoms with Gasteiger partial charge >= 0.3 is 0 Å². The first-order valence-corrected chi connectivity index (χ1v) is 10.9. The minimum Gasteiger partial charge on any atom is -0.375 e. The zero-order valence-corrected chi connectivity index (χ0v) is 17.7. The summed E-state index contributed by atoms with van der Waals surface area (Å²) in [5.74, 6) is 0.164. The number of carbonyl (C=O) groups is 1. The molecular formula is C27H29NO3. The van der Waals surface area contributed by atoms with Crippen LogP contribution in [0.15, 0.2) is 91.0 Å². The van der Waals surface area contributed by atoms with Gasteiger partial charge in [0.25, 0.3) is 0 Å². The van der Waals surface area contributed by atoms with E-state index in [2.05, 4.69) is 36.4 Å². The zero-order valence-electron chi connectivity index (χ0n) is 17.7. The van der Waals surface area contributed by atoms with Crippen LogP contribution in [-0.2, 0) is 34.0 Å². The third-order valence-corrected chi connectivity index (χ3v) is 5.70. The third-order valence-electron chi connectivity index (χ3n) is 5.70. The van der Waals surface area contributed by atoms with Crippen molar-refractivity contribution in [2.24, 2.45) is 0 Å². The first-order valence-electron chi connectivity index (χ1n) is 10.9. The summed E-state index contributed by atoms with van der Waals surface area (Å²) in [5, 5.41) is 0. The van der Waals surface area contributed by atoms with Crippen LogP contribution in [0.25, 0.3) is 0 Å². The second-order valence-electron chi connectivity index (χ2n) is 7.95. The van der Waals surface area contributed by atoms with Crippen molar-refractivity contribution in [3.8, 4) is 0 Å². The molecule has 4 rings (SSSR count). The van der Waals surface area contributed by atoms with Gasteiger partial charge in [-0.05, 0) is 23.1 Å². The van der Waals surface area contributed by atoms with Gasteiger partial charge in [0.05, 0.1) is 32.0 Å². The Labute approximate surface area is 184 Å². The molecule has 0 spiro atoms. The summed E-state index contributed by atoms with van der Waals surface area (Å²) < 4.78 is 12.4. The van der Waals surface area contributed by atoms with Gasteiger partial charge in [0.1, 0.15) is 0 Å². The average Bonchev–Trinajstić information content (AvgIpc) is 2.82. The molecule has 2 atom stereocenters. The molecule has 0 saturated carbocycles. The highest BCUT2D eigenvalue weighted by Crippen LogP contribution is 2.25. The van der Waals surface area contributed by atoms with E-state index in [4.69, 9.17) is 9.47 Å². The molecule has 4 nitrogen and oxygen atoms in total. The number of ether oxygens (including phenoxy) is 2. The van der Waals surface area contributed by atoms with Crippen molar-refractivity contribution < 1.29 is 14.3 Å². The molecule has 0 aliphatic carbocycles. The molecule has 1 heterocycles. The van der Waals surface area contributed by atoms with Crippen LogP contribution in [0.2, 0.25) is 0 Å². The van der Waals surface area contributed by atoms with Crippen LogP contribution in [0, 0.1) is 0 Å². The van der Waals surface area contributed by atoms with Crippen LogP contribution < -0.4 is 0 Å². The highest BCUT2D eigenvalue weighted by Gasteiger charge is 2.36. The normalized spacial score (nSPS) is 18.8. The summed E-state index contributed by atoms with van der Waals surface area (Å²) in [7, 11) is 0. The summed E-state index contributed by atoms with van der Waals surface area (Å²) in [6.07, 6.45) is 1.16. The fraction of sp³-hybridized carbons (Fsp3) is 0.296. The van der Waals surface area contributed by atoms with Crippen molar-refractivity contribution in [1.29, 1.82) is 0 Å². The Morgan fingerprint density at radius 3 is 1.90 bits per heavy atom. The van der Waals surface area contributed by atoms with Gasteiger partial charge in [0, 0.05) is 13.0 Å². The summed E-state index contributed by atoms with van der Waals surface area (Å²) in [6, 6.07) is 30.3. The molecule has 0 aromatic heterocycles. The van der Waals surface area contributed by atoms with Gasteiger partial charge in [-0.15, -0.1) is 0 Å². The lowest BCUT2D eigenvalue weighted by Crippen LogP contribution is -2.53. The van der Waals surface area contributed by atoms with Crippen molar-refractivity contribution in [2.75, 3.05) is 6.61 Å². The van der Waals surface area contributed by atoms with E-state index in [1.54, 1.807) is 0 Å². The van der Waals surface area contributed by atoms with Gasteiger partial charge in [0.15, 0.2) is 0 Å². The standard InChI is InChI=1S/C27H29NO3/c29-27-17-16-26(31-20-24-14-8-3-9-15-24)25(21-30-19-23-12-6-2-7-13-23)28(27)18-22-10-4-1-5-11-22/h1-15,25-26H,16-21H2. The SMILES string of the molecule is O=C1CCC(OCc2ccccc2)C(COCc2ccccc2)N1Cc1ccccc1. The maximum atomic E-state index is 12.9. The predicted molar refractivity (Wildman–Crippen MR) is 121 cm³/mol. The monoisotopic (exact) mass is 415 g/mol. The van der Waals surface area contributed by atoms with Crippen LogP contribution in [0.1, 0.15) is 29.5 Å². The molecule has 1 aliphatic heterocycles. The van der Waals surface area contributed by atoms with Gasteiger partial charge in [-0.2, -0.15) is 0 Å². The number of benzene rings is 3. The molecule has 2 unspecified atom stereocenters. The minimum atomic E-state index is -0.117. The zero-order chi connectivity index (χ0) is 21.3. The van der Waals surface area contributed by atoms with Gasteiger partial charge in [-0.25, -0.2) is 0 Å². The van der Waals surface area contributed by atoms with Gasteiger partial charge in [-0.1, -0.05) is 91.0 Å². The Kier molecular flexibility index (Phi) is 7.48. The second-order valence-corrected chi connectivity index (χ2v) is 7.95. The van der Waals surface area contributed by atoms with E-state index in [-0.39, 0.29) is 18.1 Å². The Bertz CT molecular complexity index is 930. The van der Waals surface area contributed by atoms with Gasteiger partial charge < -0.3 is 14.4 Å². The van der Waals surface area contributed by atoms with Crippen molar-refractivity contribution in [3.63, 3.8) is 0 Å². The number of rotatable bonds is 9. The minimum absolute atomic E-state index is 0.0580. The Hall–Kier alpha value is -2.95. The molecule has 3 aromatic carbocycles. The molecule has 3 aromatic rings. The van der Waals surface area contributed by atoms with Crippen molar-refractivity contribution in [3.05, 3.63) is 108 Å². The summed E-state index contributed by atoms with van der Waals surface area (Å²) >= 11 is 0. The number of likely N-dealkylation sites (tertiary alicyclic amines) is 1. The van der Waals surface area contributed by atoms with Gasteiger partial charge in [0.2, 0.25) is 5.91 Å². The van der Waals surface area contributed by atoms with E-state index >= 15 is 0 Å². The van der Waals surface area contributed by atoms with Crippen LogP contribution >= 0.6 is 0 Å². The first kappa shape index (κ1) is 21.3. The summed E-state index contributed by atoms with van der Waals surface area (Å²) in [5.41, 5.74) is 3.38. The Morgan fingerprint density at radius 2 is 1.29 bits per heavy atom. The van der Waals surface area contributed by atoms with Crippen LogP contribution in [-0.4, -0.2) is 29.6 Å². The highest BCUT2D eigenvalue weighted by atomic mass is 16.5. The Balaban J connectivity index is 1.46. The molecule has 0 bridgehead atoms. The molecule has 31 heavy (non-hydrogen) atoms. The lowest BCUT2D eigenvalue weighted by Gasteiger charge is -2.41. The quantitative estimate of drug-likeness (QED) is 0.495. The molecule has 1 aliphatic rings. The largest absolute Gasteiger partial charge is 0.375 e. The van der Waals surface area contributed by atoms with E-state index in [0.717, 1.165) is 23.1 Å². The number of carbonyl (C=O) groups excluding carboxylic acids is 1. The van der Waals surface area contributed by atoms with Crippen molar-refractivity contribution in [2.45, 2.75) is 44.7 Å². The lowest BCUT2D eigenvalue weighted by atomic mass is 9.97. The second kappa shape index (κ2) is 10.9. The molecule has 0 radical (unpaired) electrons. The van der Waals surface area contributed by atoms with Crippen molar-refractivity contribution in [1.82, 2.24) is 4.90 Å². The van der Waals surface area contributed by atoms with Crippen LogP contribution in [0.4, 0.5) is 0 Å². The van der Waals surface area contributed by atoms with Gasteiger partial charge in [-0.3, -0.25) is 4.79 Å². The summed E-state index contributed by atoms with van der Waals surface area (Å²) in [6.45, 7) is 2.08. The number of hydrogen-bond acceptors (Lipinski definition) is 3. The number of piperidine rings is 1. The van der Waals surface area contributed by atoms with Crippen molar-refractivity contribution >= 4 is 5.91 Å². The van der Waals surface area contributed by atoms with E-state index in [0.29, 0.717) is 32.8 Å². The maximum Gasteiger partial charge on any atom is 0.223 e. The molecule has 1 amide bonds. The maximum absolute atomic E-state index is 12.9.